The van der Waals surface area contributed by atoms with Crippen LogP contribution in [0.15, 0.2) is 41.3 Å². The number of hydrogen-bond acceptors (Lipinski definition) is 7. The number of ether oxygens (including phenoxy) is 1. The first kappa shape index (κ1) is 24.2. The summed E-state index contributed by atoms with van der Waals surface area (Å²) in [6, 6.07) is 10.8. The van der Waals surface area contributed by atoms with E-state index in [4.69, 9.17) is 21.3 Å². The second-order valence-corrected chi connectivity index (χ2v) is 6.95. The number of aryl methyl sites for hydroxylation is 1. The number of nitrogens with two attached hydrogens (primary N) is 1. The lowest BCUT2D eigenvalue weighted by Gasteiger charge is -2.19. The van der Waals surface area contributed by atoms with E-state index in [1.165, 1.54) is 12.0 Å². The van der Waals surface area contributed by atoms with Crippen LogP contribution in [-0.4, -0.2) is 47.4 Å². The van der Waals surface area contributed by atoms with Crippen molar-refractivity contribution in [2.45, 2.75) is 32.1 Å². The zero-order valence-electron chi connectivity index (χ0n) is 17.4. The van der Waals surface area contributed by atoms with Gasteiger partial charge in [-0.05, 0) is 43.4 Å². The summed E-state index contributed by atoms with van der Waals surface area (Å²) in [4.78, 5) is 18.4. The van der Waals surface area contributed by atoms with Crippen molar-refractivity contribution in [3.8, 4) is 0 Å². The Bertz CT molecular complexity index is 842. The van der Waals surface area contributed by atoms with E-state index in [-0.39, 0.29) is 11.8 Å². The van der Waals surface area contributed by atoms with Gasteiger partial charge in [0.25, 0.3) is 0 Å². The number of methoxy groups -OCH3 is 1. The number of aromatic nitrogens is 1. The van der Waals surface area contributed by atoms with E-state index >= 15 is 0 Å². The number of pyridine rings is 1. The molecule has 8 heteroatoms. The summed E-state index contributed by atoms with van der Waals surface area (Å²) < 4.78 is 4.85. The smallest absolute Gasteiger partial charge is 0.339 e. The number of thioether (sulfide) groups is 1. The van der Waals surface area contributed by atoms with Gasteiger partial charge in [-0.15, -0.1) is 11.8 Å². The zero-order valence-corrected chi connectivity index (χ0v) is 18.2. The fraction of sp³-hybridized carbons (Fsp3) is 0.333. The van der Waals surface area contributed by atoms with E-state index in [1.807, 2.05) is 39.0 Å². The van der Waals surface area contributed by atoms with Crippen molar-refractivity contribution >= 4 is 35.7 Å². The van der Waals surface area contributed by atoms with Crippen molar-refractivity contribution in [1.29, 1.82) is 10.8 Å². The molecule has 0 spiro atoms. The molecule has 0 fully saturated rings. The SMILES string of the molecule is CC.COC(=O)c1cc(C)ccc1SCCCN(C=N)C(=N)c1cccc(N)n1. The van der Waals surface area contributed by atoms with E-state index in [0.29, 0.717) is 23.6 Å². The molecule has 1 aromatic heterocycles. The Morgan fingerprint density at radius 3 is 2.66 bits per heavy atom. The number of benzene rings is 1. The van der Waals surface area contributed by atoms with Crippen molar-refractivity contribution in [2.24, 2.45) is 0 Å². The predicted octanol–water partition coefficient (Wildman–Crippen LogP) is 4.20. The minimum atomic E-state index is -0.350. The molecule has 0 aliphatic carbocycles. The summed E-state index contributed by atoms with van der Waals surface area (Å²) in [5, 5.41) is 15.8. The van der Waals surface area contributed by atoms with E-state index < -0.39 is 0 Å². The Morgan fingerprint density at radius 1 is 1.31 bits per heavy atom. The third-order valence-corrected chi connectivity index (χ3v) is 4.96. The number of hydrogen-bond donors (Lipinski definition) is 3. The third-order valence-electron chi connectivity index (χ3n) is 3.80. The maximum Gasteiger partial charge on any atom is 0.339 e. The number of carbonyl (C=O) groups is 1. The Labute approximate surface area is 176 Å². The summed E-state index contributed by atoms with van der Waals surface area (Å²) in [5.41, 5.74) is 7.65. The average molecular weight is 416 g/mol. The van der Waals surface area contributed by atoms with Crippen LogP contribution in [0.3, 0.4) is 0 Å². The van der Waals surface area contributed by atoms with Crippen LogP contribution >= 0.6 is 11.8 Å². The number of carbonyl (C=O) groups excluding carboxylic acids is 1. The molecular weight excluding hydrogens is 386 g/mol. The second-order valence-electron chi connectivity index (χ2n) is 5.81. The summed E-state index contributed by atoms with van der Waals surface area (Å²) in [5.74, 6) is 0.854. The highest BCUT2D eigenvalue weighted by Crippen LogP contribution is 2.25. The number of amidine groups is 1. The lowest BCUT2D eigenvalue weighted by atomic mass is 10.1. The Hall–Kier alpha value is -2.87. The summed E-state index contributed by atoms with van der Waals surface area (Å²) in [6.07, 6.45) is 1.84. The van der Waals surface area contributed by atoms with Crippen molar-refractivity contribution in [1.82, 2.24) is 9.88 Å². The minimum Gasteiger partial charge on any atom is -0.465 e. The van der Waals surface area contributed by atoms with Crippen LogP contribution in [0.4, 0.5) is 5.82 Å². The normalized spacial score (nSPS) is 9.79. The highest BCUT2D eigenvalue weighted by molar-refractivity contribution is 7.99. The molecule has 0 unspecified atom stereocenters. The average Bonchev–Trinajstić information content (AvgIpc) is 2.75. The number of rotatable bonds is 8. The number of nitrogen functional groups attached to an aromatic ring is 1. The molecule has 0 atom stereocenters. The van der Waals surface area contributed by atoms with E-state index in [1.54, 1.807) is 30.0 Å². The van der Waals surface area contributed by atoms with Gasteiger partial charge in [0.15, 0.2) is 5.84 Å². The molecule has 0 aliphatic heterocycles. The van der Waals surface area contributed by atoms with Gasteiger partial charge in [-0.1, -0.05) is 31.5 Å². The zero-order chi connectivity index (χ0) is 21.8. The third kappa shape index (κ3) is 7.23. The lowest BCUT2D eigenvalue weighted by Crippen LogP contribution is -2.31. The van der Waals surface area contributed by atoms with Crippen molar-refractivity contribution in [2.75, 3.05) is 25.1 Å². The summed E-state index contributed by atoms with van der Waals surface area (Å²) >= 11 is 1.55. The molecule has 156 valence electrons. The van der Waals surface area contributed by atoms with Gasteiger partial charge >= 0.3 is 5.97 Å². The fourth-order valence-electron chi connectivity index (χ4n) is 2.43. The molecule has 0 aliphatic rings. The van der Waals surface area contributed by atoms with Crippen LogP contribution in [0, 0.1) is 17.7 Å². The topological polar surface area (TPSA) is 116 Å². The first-order valence-electron chi connectivity index (χ1n) is 9.36. The highest BCUT2D eigenvalue weighted by atomic mass is 32.2. The molecule has 0 saturated carbocycles. The van der Waals surface area contributed by atoms with Gasteiger partial charge in [0.2, 0.25) is 0 Å². The number of nitrogens with one attached hydrogen (secondary N) is 2. The van der Waals surface area contributed by atoms with E-state index in [9.17, 15) is 4.79 Å². The van der Waals surface area contributed by atoms with Crippen LogP contribution < -0.4 is 5.73 Å². The maximum absolute atomic E-state index is 11.9. The first-order chi connectivity index (χ1) is 14.0. The molecule has 0 bridgehead atoms. The fourth-order valence-corrected chi connectivity index (χ4v) is 3.38. The standard InChI is InChI=1S/C19H23N5O2S.C2H6/c1-13-7-8-16(14(11-13)19(25)26-2)27-10-4-9-24(12-20)18(22)15-5-3-6-17(21)23-15;1-2/h3,5-8,11-12,20,22H,4,9-10H2,1-2H3,(H2,21,23);1-2H3. The molecule has 7 nitrogen and oxygen atoms in total. The molecular formula is C21H29N5O2S. The van der Waals surface area contributed by atoms with Crippen molar-refractivity contribution in [3.05, 3.63) is 53.2 Å². The van der Waals surface area contributed by atoms with Crippen LogP contribution in [0.2, 0.25) is 0 Å². The number of esters is 1. The molecule has 0 saturated heterocycles. The van der Waals surface area contributed by atoms with Crippen molar-refractivity contribution < 1.29 is 9.53 Å². The Morgan fingerprint density at radius 2 is 2.03 bits per heavy atom. The van der Waals surface area contributed by atoms with Gasteiger partial charge in [0.05, 0.1) is 19.0 Å². The van der Waals surface area contributed by atoms with Gasteiger partial charge in [-0.3, -0.25) is 10.8 Å². The van der Waals surface area contributed by atoms with E-state index in [0.717, 1.165) is 29.0 Å². The largest absolute Gasteiger partial charge is 0.465 e. The van der Waals surface area contributed by atoms with Gasteiger partial charge in [0, 0.05) is 11.4 Å². The lowest BCUT2D eigenvalue weighted by molar-refractivity contribution is 0.0596. The second kappa shape index (κ2) is 12.6. The van der Waals surface area contributed by atoms with Gasteiger partial charge in [-0.2, -0.15) is 0 Å². The molecule has 1 aromatic carbocycles. The highest BCUT2D eigenvalue weighted by Gasteiger charge is 2.14. The summed E-state index contributed by atoms with van der Waals surface area (Å²) in [6.45, 7) is 6.42. The summed E-state index contributed by atoms with van der Waals surface area (Å²) in [7, 11) is 1.37. The van der Waals surface area contributed by atoms with Crippen LogP contribution in [0.5, 0.6) is 0 Å². The van der Waals surface area contributed by atoms with E-state index in [2.05, 4.69) is 4.98 Å². The van der Waals surface area contributed by atoms with Crippen LogP contribution in [0.25, 0.3) is 0 Å². The Balaban J connectivity index is 0.00000204. The number of nitrogens with zero attached hydrogens (tertiary/aromatic N) is 2. The molecule has 29 heavy (non-hydrogen) atoms. The van der Waals surface area contributed by atoms with Crippen LogP contribution in [0.1, 0.15) is 41.9 Å². The molecule has 2 aromatic rings. The maximum atomic E-state index is 11.9. The van der Waals surface area contributed by atoms with Gasteiger partial charge in [-0.25, -0.2) is 9.78 Å². The molecule has 0 radical (unpaired) electrons. The first-order valence-corrected chi connectivity index (χ1v) is 10.3. The van der Waals surface area contributed by atoms with Gasteiger partial charge < -0.3 is 15.4 Å². The predicted molar refractivity (Wildman–Crippen MR) is 120 cm³/mol. The molecule has 4 N–H and O–H groups in total. The Kier molecular flexibility index (Phi) is 10.5. The molecule has 2 rings (SSSR count). The van der Waals surface area contributed by atoms with Crippen molar-refractivity contribution in [3.63, 3.8) is 0 Å². The molecule has 0 amide bonds. The van der Waals surface area contributed by atoms with Crippen LogP contribution in [-0.2, 0) is 4.74 Å². The van der Waals surface area contributed by atoms with Gasteiger partial charge in [0.1, 0.15) is 11.5 Å². The number of anilines is 1. The monoisotopic (exact) mass is 415 g/mol. The molecule has 1 heterocycles. The minimum absolute atomic E-state index is 0.132. The quantitative estimate of drug-likeness (QED) is 0.196.